The molecule has 1 aromatic heterocycles. The molecule has 0 unspecified atom stereocenters. The van der Waals surface area contributed by atoms with Crippen LogP contribution in [-0.2, 0) is 13.2 Å². The molecule has 8 nitrogen and oxygen atoms in total. The van der Waals surface area contributed by atoms with Crippen LogP contribution in [0.25, 0.3) is 5.69 Å². The number of anilines is 1. The van der Waals surface area contributed by atoms with Crippen LogP contribution < -0.4 is 21.5 Å². The van der Waals surface area contributed by atoms with Crippen LogP contribution in [0, 0.1) is 0 Å². The quantitative estimate of drug-likeness (QED) is 0.609. The lowest BCUT2D eigenvalue weighted by atomic mass is 9.99. The highest BCUT2D eigenvalue weighted by atomic mass is 16.3. The minimum absolute atomic E-state index is 0.0755. The minimum Gasteiger partial charge on any atom is -0.391 e. The van der Waals surface area contributed by atoms with Crippen molar-refractivity contribution in [3.05, 3.63) is 92.3 Å². The molecule has 154 valence electrons. The number of amides is 1. The normalized spacial score (nSPS) is 14.9. The van der Waals surface area contributed by atoms with Crippen LogP contribution in [0.1, 0.15) is 35.3 Å². The third-order valence-corrected chi connectivity index (χ3v) is 5.26. The molecule has 3 aromatic rings. The van der Waals surface area contributed by atoms with Crippen molar-refractivity contribution in [2.75, 3.05) is 4.90 Å². The number of aromatic nitrogens is 2. The van der Waals surface area contributed by atoms with Crippen LogP contribution in [0.3, 0.4) is 0 Å². The number of nitrogens with zero attached hydrogens (tertiary/aromatic N) is 2. The van der Waals surface area contributed by atoms with Gasteiger partial charge < -0.3 is 15.3 Å². The Morgan fingerprint density at radius 1 is 1.03 bits per heavy atom. The number of hydrogen-bond acceptors (Lipinski definition) is 5. The lowest BCUT2D eigenvalue weighted by Gasteiger charge is -2.45. The molecule has 2 heterocycles. The number of fused-ring (bicyclic) bond motifs is 1. The van der Waals surface area contributed by atoms with Gasteiger partial charge in [0.1, 0.15) is 5.66 Å². The molecular formula is C22H22N4O4. The summed E-state index contributed by atoms with van der Waals surface area (Å²) in [5.74, 6) is -0.198. The maximum atomic E-state index is 12.7. The summed E-state index contributed by atoms with van der Waals surface area (Å²) < 4.78 is 1.26. The number of nitrogens with one attached hydrogen (secondary N) is 2. The first-order chi connectivity index (χ1) is 14.3. The molecule has 1 amide bonds. The molecule has 4 rings (SSSR count). The Kier molecular flexibility index (Phi) is 4.79. The molecule has 0 spiro atoms. The average Bonchev–Trinajstić information content (AvgIpc) is 2.71. The van der Waals surface area contributed by atoms with Crippen molar-refractivity contribution in [1.82, 2.24) is 14.9 Å². The first-order valence-electron chi connectivity index (χ1n) is 9.54. The number of aliphatic hydroxyl groups excluding tert-OH is 1. The first kappa shape index (κ1) is 19.7. The van der Waals surface area contributed by atoms with Crippen LogP contribution in [-0.4, -0.2) is 26.2 Å². The number of carbonyl (C=O) groups is 1. The van der Waals surface area contributed by atoms with Crippen molar-refractivity contribution in [3.8, 4) is 5.69 Å². The van der Waals surface area contributed by atoms with Gasteiger partial charge >= 0.3 is 5.69 Å². The number of aromatic amines is 1. The highest BCUT2D eigenvalue weighted by Gasteiger charge is 2.36. The van der Waals surface area contributed by atoms with E-state index in [-0.39, 0.29) is 11.5 Å². The van der Waals surface area contributed by atoms with E-state index >= 15 is 0 Å². The summed E-state index contributed by atoms with van der Waals surface area (Å²) in [5.41, 5.74) is 0.892. The van der Waals surface area contributed by atoms with Gasteiger partial charge in [0.2, 0.25) is 0 Å². The van der Waals surface area contributed by atoms with E-state index in [1.807, 2.05) is 44.2 Å². The summed E-state index contributed by atoms with van der Waals surface area (Å²) in [6.45, 7) is 3.89. The summed E-state index contributed by atoms with van der Waals surface area (Å²) in [6, 6.07) is 14.9. The summed E-state index contributed by atoms with van der Waals surface area (Å²) in [4.78, 5) is 41.1. The third kappa shape index (κ3) is 3.42. The number of benzene rings is 2. The van der Waals surface area contributed by atoms with Crippen molar-refractivity contribution in [1.29, 1.82) is 0 Å². The van der Waals surface area contributed by atoms with Crippen molar-refractivity contribution in [2.45, 2.75) is 32.7 Å². The summed E-state index contributed by atoms with van der Waals surface area (Å²) in [7, 11) is 0. The van der Waals surface area contributed by atoms with Crippen molar-refractivity contribution < 1.29 is 9.90 Å². The second-order valence-corrected chi connectivity index (χ2v) is 7.73. The van der Waals surface area contributed by atoms with Crippen LogP contribution >= 0.6 is 0 Å². The van der Waals surface area contributed by atoms with E-state index < -0.39 is 23.5 Å². The first-order valence-corrected chi connectivity index (χ1v) is 9.54. The summed E-state index contributed by atoms with van der Waals surface area (Å²) >= 11 is 0. The van der Waals surface area contributed by atoms with Gasteiger partial charge in [-0.25, -0.2) is 4.79 Å². The standard InChI is InChI=1S/C22H22N4O4/c1-22(2)24-20(29)17-9-8-16(25-12-15(13-27)19(28)23-21(25)30)10-18(17)26(22)11-14-6-4-3-5-7-14/h3-10,12,27H,11,13H2,1-2H3,(H,24,29)(H,23,28,30). The van der Waals surface area contributed by atoms with E-state index in [4.69, 9.17) is 0 Å². The monoisotopic (exact) mass is 406 g/mol. The average molecular weight is 406 g/mol. The maximum absolute atomic E-state index is 12.7. The Hall–Kier alpha value is -3.65. The molecule has 2 aromatic carbocycles. The molecule has 1 aliphatic heterocycles. The van der Waals surface area contributed by atoms with Gasteiger partial charge in [0.25, 0.3) is 11.5 Å². The van der Waals surface area contributed by atoms with Gasteiger partial charge in [0.15, 0.2) is 0 Å². The topological polar surface area (TPSA) is 107 Å². The molecule has 0 atom stereocenters. The second-order valence-electron chi connectivity index (χ2n) is 7.73. The zero-order chi connectivity index (χ0) is 21.5. The van der Waals surface area contributed by atoms with Gasteiger partial charge in [-0.1, -0.05) is 30.3 Å². The Bertz CT molecular complexity index is 1230. The van der Waals surface area contributed by atoms with Gasteiger partial charge in [-0.3, -0.25) is 19.1 Å². The smallest absolute Gasteiger partial charge is 0.332 e. The minimum atomic E-state index is -0.662. The van der Waals surface area contributed by atoms with Crippen LogP contribution in [0.2, 0.25) is 0 Å². The molecule has 3 N–H and O–H groups in total. The number of hydrogen-bond donors (Lipinski definition) is 3. The van der Waals surface area contributed by atoms with Gasteiger partial charge in [0.05, 0.1) is 29.1 Å². The van der Waals surface area contributed by atoms with Crippen molar-refractivity contribution in [2.24, 2.45) is 0 Å². The fourth-order valence-corrected chi connectivity index (χ4v) is 3.66. The van der Waals surface area contributed by atoms with E-state index in [0.29, 0.717) is 23.5 Å². The SMILES string of the molecule is CC1(C)NC(=O)c2ccc(-n3cc(CO)c(=O)[nH]c3=O)cc2N1Cc1ccccc1. The van der Waals surface area contributed by atoms with Crippen molar-refractivity contribution in [3.63, 3.8) is 0 Å². The molecule has 30 heavy (non-hydrogen) atoms. The number of H-pyrrole nitrogens is 1. The summed E-state index contributed by atoms with van der Waals surface area (Å²) in [6.07, 6.45) is 1.32. The maximum Gasteiger partial charge on any atom is 0.332 e. The van der Waals surface area contributed by atoms with E-state index in [1.165, 1.54) is 10.8 Å². The van der Waals surface area contributed by atoms with Gasteiger partial charge in [-0.15, -0.1) is 0 Å². The van der Waals surface area contributed by atoms with Gasteiger partial charge in [-0.05, 0) is 37.6 Å². The predicted octanol–water partition coefficient (Wildman–Crippen LogP) is 1.50. The van der Waals surface area contributed by atoms with E-state index in [9.17, 15) is 19.5 Å². The number of carbonyl (C=O) groups excluding carboxylic acids is 1. The largest absolute Gasteiger partial charge is 0.391 e. The van der Waals surface area contributed by atoms with E-state index in [2.05, 4.69) is 15.2 Å². The molecule has 0 bridgehead atoms. The Morgan fingerprint density at radius 2 is 1.77 bits per heavy atom. The Balaban J connectivity index is 1.87. The molecule has 0 fully saturated rings. The molecule has 0 saturated carbocycles. The number of aliphatic hydroxyl groups is 1. The molecule has 8 heteroatoms. The van der Waals surface area contributed by atoms with Crippen LogP contribution in [0.5, 0.6) is 0 Å². The molecule has 0 saturated heterocycles. The lowest BCUT2D eigenvalue weighted by molar-refractivity contribution is 0.0897. The lowest BCUT2D eigenvalue weighted by Crippen LogP contribution is -2.60. The fourth-order valence-electron chi connectivity index (χ4n) is 3.66. The zero-order valence-corrected chi connectivity index (χ0v) is 16.7. The molecular weight excluding hydrogens is 384 g/mol. The second kappa shape index (κ2) is 7.31. The molecule has 1 aliphatic rings. The van der Waals surface area contributed by atoms with Gasteiger partial charge in [0, 0.05) is 12.7 Å². The fraction of sp³-hybridized carbons (Fsp3) is 0.227. The Morgan fingerprint density at radius 3 is 2.47 bits per heavy atom. The predicted molar refractivity (Wildman–Crippen MR) is 113 cm³/mol. The third-order valence-electron chi connectivity index (χ3n) is 5.26. The molecule has 0 radical (unpaired) electrons. The van der Waals surface area contributed by atoms with E-state index in [0.717, 1.165) is 5.56 Å². The van der Waals surface area contributed by atoms with Gasteiger partial charge in [-0.2, -0.15) is 0 Å². The zero-order valence-electron chi connectivity index (χ0n) is 16.7. The highest BCUT2D eigenvalue weighted by Crippen LogP contribution is 2.34. The van der Waals surface area contributed by atoms with Crippen LogP contribution in [0.15, 0.2) is 64.3 Å². The number of rotatable bonds is 4. The van der Waals surface area contributed by atoms with Crippen molar-refractivity contribution >= 4 is 11.6 Å². The van der Waals surface area contributed by atoms with Crippen LogP contribution in [0.4, 0.5) is 5.69 Å². The summed E-state index contributed by atoms with van der Waals surface area (Å²) in [5, 5.41) is 12.4. The highest BCUT2D eigenvalue weighted by molar-refractivity contribution is 6.02. The Labute approximate surface area is 172 Å². The van der Waals surface area contributed by atoms with E-state index in [1.54, 1.807) is 18.2 Å². The molecule has 0 aliphatic carbocycles.